The lowest BCUT2D eigenvalue weighted by Gasteiger charge is -2.14. The van der Waals surface area contributed by atoms with Gasteiger partial charge in [-0.2, -0.15) is 0 Å². The molecule has 1 fully saturated rings. The topological polar surface area (TPSA) is 117 Å². The van der Waals surface area contributed by atoms with E-state index in [4.69, 9.17) is 32.5 Å². The van der Waals surface area contributed by atoms with Crippen LogP contribution in [0.15, 0.2) is 54.6 Å². The number of anilines is 2. The van der Waals surface area contributed by atoms with Crippen molar-refractivity contribution in [3.05, 3.63) is 65.2 Å². The Kier molecular flexibility index (Phi) is 8.53. The zero-order valence-electron chi connectivity index (χ0n) is 21.1. The van der Waals surface area contributed by atoms with Crippen molar-refractivity contribution >= 4 is 40.6 Å². The number of carbonyl (C=O) groups is 1. The minimum Gasteiger partial charge on any atom is -0.492 e. The molecule has 1 saturated heterocycles. The molecule has 1 heterocycles. The number of halogens is 1. The molecule has 1 aliphatic rings. The first kappa shape index (κ1) is 26.3. The van der Waals surface area contributed by atoms with Crippen molar-refractivity contribution in [2.45, 2.75) is 26.7 Å². The molecule has 9 heteroatoms. The standard InChI is InChI=1S/C28H32ClN5O3/c1-18-15-20(24-17-23(37-19(2)35)9-10-25(24)29)16-26(30)27(18)33-28(31)32-21-5-7-22(8-6-21)36-14-13-34-11-3-4-12-34/h5-10,15-17H,3-4,11-14,30H2,1-2H3,(H3,31,32,33)/p+1. The van der Waals surface area contributed by atoms with Crippen molar-refractivity contribution in [3.63, 3.8) is 0 Å². The number of benzene rings is 3. The second kappa shape index (κ2) is 12.0. The van der Waals surface area contributed by atoms with E-state index in [0.717, 1.165) is 42.2 Å². The average molecular weight is 523 g/mol. The molecule has 8 nitrogen and oxygen atoms in total. The van der Waals surface area contributed by atoms with E-state index in [9.17, 15) is 4.79 Å². The van der Waals surface area contributed by atoms with Gasteiger partial charge in [0.1, 0.15) is 23.8 Å². The number of esters is 1. The Balaban J connectivity index is 1.43. The number of guanidine groups is 1. The van der Waals surface area contributed by atoms with E-state index < -0.39 is 5.97 Å². The smallest absolute Gasteiger partial charge is 0.351 e. The van der Waals surface area contributed by atoms with E-state index in [0.29, 0.717) is 40.3 Å². The number of ether oxygens (including phenoxy) is 2. The van der Waals surface area contributed by atoms with Gasteiger partial charge < -0.3 is 15.2 Å². The van der Waals surface area contributed by atoms with Gasteiger partial charge in [-0.25, -0.2) is 10.3 Å². The molecule has 0 aromatic heterocycles. The van der Waals surface area contributed by atoms with Gasteiger partial charge in [0.25, 0.3) is 0 Å². The van der Waals surface area contributed by atoms with Gasteiger partial charge >= 0.3 is 11.9 Å². The maximum atomic E-state index is 11.3. The highest BCUT2D eigenvalue weighted by Crippen LogP contribution is 2.35. The summed E-state index contributed by atoms with van der Waals surface area (Å²) in [6.45, 7) is 7.23. The highest BCUT2D eigenvalue weighted by Gasteiger charge is 2.14. The molecular weight excluding hydrogens is 490 g/mol. The number of nitrogens with one attached hydrogen (secondary N) is 2. The Morgan fingerprint density at radius 3 is 2.46 bits per heavy atom. The number of hydrogen-bond acceptors (Lipinski definition) is 5. The van der Waals surface area contributed by atoms with Crippen LogP contribution < -0.4 is 31.3 Å². The molecule has 0 unspecified atom stereocenters. The molecule has 3 aromatic carbocycles. The molecule has 4 rings (SSSR count). The summed E-state index contributed by atoms with van der Waals surface area (Å²) in [5, 5.41) is 3.67. The lowest BCUT2D eigenvalue weighted by atomic mass is 10.0. The van der Waals surface area contributed by atoms with Crippen LogP contribution in [0, 0.1) is 6.92 Å². The summed E-state index contributed by atoms with van der Waals surface area (Å²) in [6, 6.07) is 16.5. The number of likely N-dealkylation sites (tertiary alicyclic amines) is 1. The molecule has 37 heavy (non-hydrogen) atoms. The summed E-state index contributed by atoms with van der Waals surface area (Å²) in [4.78, 5) is 16.9. The number of aryl methyl sites for hydroxylation is 1. The third-order valence-electron chi connectivity index (χ3n) is 6.14. The van der Waals surface area contributed by atoms with E-state index >= 15 is 0 Å². The lowest BCUT2D eigenvalue weighted by molar-refractivity contribution is -0.354. The Bertz CT molecular complexity index is 1260. The van der Waals surface area contributed by atoms with Gasteiger partial charge in [0, 0.05) is 24.1 Å². The minimum absolute atomic E-state index is 0.333. The molecule has 0 bridgehead atoms. The molecule has 0 spiro atoms. The van der Waals surface area contributed by atoms with Gasteiger partial charge in [-0.3, -0.25) is 15.4 Å². The number of nitrogens with zero attached hydrogens (tertiary/aromatic N) is 1. The second-order valence-corrected chi connectivity index (χ2v) is 9.49. The molecule has 194 valence electrons. The first-order valence-electron chi connectivity index (χ1n) is 12.3. The molecule has 0 saturated carbocycles. The van der Waals surface area contributed by atoms with Crippen molar-refractivity contribution in [1.82, 2.24) is 4.90 Å². The second-order valence-electron chi connectivity index (χ2n) is 9.08. The third kappa shape index (κ3) is 7.15. The summed E-state index contributed by atoms with van der Waals surface area (Å²) in [6.07, 6.45) is 2.56. The third-order valence-corrected chi connectivity index (χ3v) is 6.47. The lowest BCUT2D eigenvalue weighted by Crippen LogP contribution is -2.72. The molecule has 3 aromatic rings. The molecular formula is C28H33ClN5O3+. The largest absolute Gasteiger partial charge is 0.492 e. The number of hydrogen-bond donors (Lipinski definition) is 4. The summed E-state index contributed by atoms with van der Waals surface area (Å²) in [5.74, 6) is 1.17. The van der Waals surface area contributed by atoms with Crippen LogP contribution in [0.4, 0.5) is 17.1 Å². The first-order chi connectivity index (χ1) is 17.8. The Labute approximate surface area is 222 Å². The monoisotopic (exact) mass is 522 g/mol. The molecule has 6 N–H and O–H groups in total. The Morgan fingerprint density at radius 1 is 1.08 bits per heavy atom. The van der Waals surface area contributed by atoms with Crippen LogP contribution in [0.5, 0.6) is 11.5 Å². The highest BCUT2D eigenvalue weighted by molar-refractivity contribution is 6.33. The molecule has 0 atom stereocenters. The summed E-state index contributed by atoms with van der Waals surface area (Å²) >= 11 is 6.41. The molecule has 0 aliphatic carbocycles. The van der Waals surface area contributed by atoms with Crippen molar-refractivity contribution in [3.8, 4) is 22.6 Å². The number of nitrogens with two attached hydrogens (primary N) is 2. The van der Waals surface area contributed by atoms with Gasteiger partial charge in [-0.05, 0) is 98.6 Å². The SMILES string of the molecule is CC(=O)Oc1ccc(Cl)c(-c2cc(C)c([NH+]=C(N)Nc3ccc(OCCN4CCCC4)cc3)c(N)c2)c1. The van der Waals surface area contributed by atoms with E-state index in [1.54, 1.807) is 24.3 Å². The quantitative estimate of drug-likeness (QED) is 0.118. The molecule has 0 radical (unpaired) electrons. The highest BCUT2D eigenvalue weighted by atomic mass is 35.5. The predicted molar refractivity (Wildman–Crippen MR) is 148 cm³/mol. The minimum atomic E-state index is -0.401. The summed E-state index contributed by atoms with van der Waals surface area (Å²) < 4.78 is 11.1. The summed E-state index contributed by atoms with van der Waals surface area (Å²) in [7, 11) is 0. The number of rotatable bonds is 8. The van der Waals surface area contributed by atoms with Gasteiger partial charge in [-0.15, -0.1) is 0 Å². The van der Waals surface area contributed by atoms with Gasteiger partial charge in [-0.1, -0.05) is 11.6 Å². The maximum absolute atomic E-state index is 11.3. The van der Waals surface area contributed by atoms with Gasteiger partial charge in [0.2, 0.25) is 0 Å². The van der Waals surface area contributed by atoms with Crippen LogP contribution in [0.25, 0.3) is 11.1 Å². The van der Waals surface area contributed by atoms with Crippen LogP contribution in [0.1, 0.15) is 25.3 Å². The van der Waals surface area contributed by atoms with E-state index in [-0.39, 0.29) is 0 Å². The van der Waals surface area contributed by atoms with Crippen molar-refractivity contribution < 1.29 is 19.3 Å². The zero-order valence-corrected chi connectivity index (χ0v) is 21.9. The van der Waals surface area contributed by atoms with Crippen LogP contribution >= 0.6 is 11.6 Å². The van der Waals surface area contributed by atoms with Crippen molar-refractivity contribution in [2.24, 2.45) is 5.73 Å². The zero-order chi connectivity index (χ0) is 26.4. The van der Waals surface area contributed by atoms with Gasteiger partial charge in [0.15, 0.2) is 0 Å². The van der Waals surface area contributed by atoms with Crippen molar-refractivity contribution in [2.75, 3.05) is 37.3 Å². The van der Waals surface area contributed by atoms with E-state index in [2.05, 4.69) is 15.2 Å². The van der Waals surface area contributed by atoms with Gasteiger partial charge in [0.05, 0.1) is 11.4 Å². The van der Waals surface area contributed by atoms with E-state index in [1.807, 2.05) is 37.3 Å². The number of carbonyl (C=O) groups excluding carboxylic acids is 1. The maximum Gasteiger partial charge on any atom is 0.351 e. The van der Waals surface area contributed by atoms with Crippen LogP contribution in [-0.4, -0.2) is 43.1 Å². The molecule has 1 aliphatic heterocycles. The normalized spacial score (nSPS) is 14.0. The number of nitrogen functional groups attached to an aromatic ring is 1. The molecule has 0 amide bonds. The van der Waals surface area contributed by atoms with Crippen LogP contribution in [0.3, 0.4) is 0 Å². The predicted octanol–water partition coefficient (Wildman–Crippen LogP) is 3.44. The summed E-state index contributed by atoms with van der Waals surface area (Å²) in [5.41, 5.74) is 17.0. The fourth-order valence-electron chi connectivity index (χ4n) is 4.35. The Hall–Kier alpha value is -3.75. The average Bonchev–Trinajstić information content (AvgIpc) is 3.37. The fraction of sp³-hybridized carbons (Fsp3) is 0.286. The van der Waals surface area contributed by atoms with Crippen LogP contribution in [0.2, 0.25) is 5.02 Å². The first-order valence-corrected chi connectivity index (χ1v) is 12.7. The Morgan fingerprint density at radius 2 is 1.78 bits per heavy atom. The fourth-order valence-corrected chi connectivity index (χ4v) is 4.58. The van der Waals surface area contributed by atoms with Crippen LogP contribution in [-0.2, 0) is 4.79 Å². The van der Waals surface area contributed by atoms with E-state index in [1.165, 1.54) is 19.8 Å². The van der Waals surface area contributed by atoms with Crippen molar-refractivity contribution in [1.29, 1.82) is 0 Å².